The predicted octanol–water partition coefficient (Wildman–Crippen LogP) is 3.48. The minimum Gasteiger partial charge on any atom is -0.379 e. The van der Waals surface area contributed by atoms with Crippen LogP contribution in [0.5, 0.6) is 0 Å². The average Bonchev–Trinajstić information content (AvgIpc) is 2.36. The van der Waals surface area contributed by atoms with Crippen molar-refractivity contribution in [3.05, 3.63) is 29.3 Å². The molecule has 0 aliphatic heterocycles. The summed E-state index contributed by atoms with van der Waals surface area (Å²) in [5.74, 6) is -0.726. The number of amides is 1. The van der Waals surface area contributed by atoms with Crippen LogP contribution in [-0.2, 0) is 17.6 Å². The number of halogens is 3. The lowest BCUT2D eigenvalue weighted by Crippen LogP contribution is -2.38. The van der Waals surface area contributed by atoms with Crippen LogP contribution in [0.2, 0.25) is 0 Å². The summed E-state index contributed by atoms with van der Waals surface area (Å²) in [6.07, 6.45) is -0.201. The molecule has 1 aromatic rings. The zero-order valence-electron chi connectivity index (χ0n) is 10.7. The molecule has 1 rings (SSSR count). The third kappa shape index (κ3) is 4.25. The Bertz CT molecular complexity index is 435. The van der Waals surface area contributed by atoms with E-state index in [9.17, 15) is 9.90 Å². The second-order valence-corrected chi connectivity index (χ2v) is 6.46. The molecule has 0 aliphatic carbocycles. The number of aliphatic hydroxyl groups is 1. The van der Waals surface area contributed by atoms with E-state index >= 15 is 0 Å². The first-order valence-corrected chi connectivity index (χ1v) is 7.11. The second kappa shape index (κ2) is 6.80. The Morgan fingerprint density at radius 1 is 1.26 bits per heavy atom. The van der Waals surface area contributed by atoms with Crippen molar-refractivity contribution in [3.63, 3.8) is 0 Å². The number of carbonyl (C=O) groups is 1. The zero-order chi connectivity index (χ0) is 14.6. The fourth-order valence-corrected chi connectivity index (χ4v) is 2.04. The summed E-state index contributed by atoms with van der Waals surface area (Å²) in [5.41, 5.74) is 2.64. The van der Waals surface area contributed by atoms with Gasteiger partial charge in [-0.2, -0.15) is 0 Å². The van der Waals surface area contributed by atoms with Gasteiger partial charge in [0.15, 0.2) is 6.10 Å². The molecule has 0 fully saturated rings. The number of anilines is 1. The van der Waals surface area contributed by atoms with Gasteiger partial charge < -0.3 is 10.4 Å². The predicted molar refractivity (Wildman–Crippen MR) is 80.1 cm³/mol. The molecule has 0 spiro atoms. The van der Waals surface area contributed by atoms with Crippen molar-refractivity contribution in [2.75, 3.05) is 5.32 Å². The molecule has 1 unspecified atom stereocenters. The molecule has 0 bridgehead atoms. The monoisotopic (exact) mass is 323 g/mol. The van der Waals surface area contributed by atoms with Gasteiger partial charge in [-0.15, -0.1) is 0 Å². The van der Waals surface area contributed by atoms with Crippen molar-refractivity contribution in [2.45, 2.75) is 36.6 Å². The molecule has 0 radical (unpaired) electrons. The standard InChI is InChI=1S/C13H16Cl3NO2/c1-3-8-6-5-7-9(4-2)10(8)17-12(19)11(18)13(14,15)16/h5-7,11,18H,3-4H2,1-2H3,(H,17,19). The average molecular weight is 325 g/mol. The van der Waals surface area contributed by atoms with E-state index < -0.39 is 15.8 Å². The summed E-state index contributed by atoms with van der Waals surface area (Å²) in [6, 6.07) is 5.76. The number of aliphatic hydroxyl groups excluding tert-OH is 1. The molecule has 106 valence electrons. The Balaban J connectivity index is 3.02. The van der Waals surface area contributed by atoms with Crippen LogP contribution in [0.1, 0.15) is 25.0 Å². The highest BCUT2D eigenvalue weighted by Gasteiger charge is 2.37. The van der Waals surface area contributed by atoms with Gasteiger partial charge in [-0.1, -0.05) is 66.8 Å². The summed E-state index contributed by atoms with van der Waals surface area (Å²) in [7, 11) is 0. The highest BCUT2D eigenvalue weighted by Crippen LogP contribution is 2.31. The Morgan fingerprint density at radius 3 is 2.11 bits per heavy atom. The van der Waals surface area contributed by atoms with Crippen molar-refractivity contribution in [1.82, 2.24) is 0 Å². The number of alkyl halides is 3. The number of carbonyl (C=O) groups excluding carboxylic acids is 1. The van der Waals surface area contributed by atoms with Gasteiger partial charge in [-0.3, -0.25) is 4.79 Å². The molecule has 0 heterocycles. The van der Waals surface area contributed by atoms with E-state index in [-0.39, 0.29) is 0 Å². The maximum Gasteiger partial charge on any atom is 0.257 e. The molecule has 0 saturated carbocycles. The Labute approximate surface area is 127 Å². The molecular formula is C13H16Cl3NO2. The third-order valence-electron chi connectivity index (χ3n) is 2.81. The number of benzene rings is 1. The molecular weight excluding hydrogens is 309 g/mol. The van der Waals surface area contributed by atoms with Gasteiger partial charge in [0.05, 0.1) is 0 Å². The van der Waals surface area contributed by atoms with Crippen LogP contribution in [0.15, 0.2) is 18.2 Å². The van der Waals surface area contributed by atoms with Crippen LogP contribution in [-0.4, -0.2) is 20.9 Å². The topological polar surface area (TPSA) is 49.3 Å². The smallest absolute Gasteiger partial charge is 0.257 e. The van der Waals surface area contributed by atoms with Gasteiger partial charge in [0, 0.05) is 5.69 Å². The molecule has 6 heteroatoms. The molecule has 0 saturated heterocycles. The lowest BCUT2D eigenvalue weighted by atomic mass is 10.0. The SMILES string of the molecule is CCc1cccc(CC)c1NC(=O)C(O)C(Cl)(Cl)Cl. The maximum absolute atomic E-state index is 11.9. The third-order valence-corrected chi connectivity index (χ3v) is 3.43. The van der Waals surface area contributed by atoms with E-state index in [1.54, 1.807) is 0 Å². The first kappa shape index (κ1) is 16.6. The van der Waals surface area contributed by atoms with Crippen LogP contribution in [0.25, 0.3) is 0 Å². The highest BCUT2D eigenvalue weighted by molar-refractivity contribution is 6.69. The molecule has 3 nitrogen and oxygen atoms in total. The number of nitrogens with one attached hydrogen (secondary N) is 1. The van der Waals surface area contributed by atoms with Gasteiger partial charge in [-0.25, -0.2) is 0 Å². The lowest BCUT2D eigenvalue weighted by molar-refractivity contribution is -0.123. The van der Waals surface area contributed by atoms with Gasteiger partial charge in [-0.05, 0) is 24.0 Å². The maximum atomic E-state index is 11.9. The van der Waals surface area contributed by atoms with Gasteiger partial charge in [0.1, 0.15) is 0 Å². The van der Waals surface area contributed by atoms with Crippen LogP contribution in [0.3, 0.4) is 0 Å². The number of rotatable bonds is 4. The highest BCUT2D eigenvalue weighted by atomic mass is 35.6. The van der Waals surface area contributed by atoms with E-state index in [0.717, 1.165) is 24.0 Å². The minimum atomic E-state index is -2.04. The Hall–Kier alpha value is -0.480. The molecule has 1 atom stereocenters. The zero-order valence-corrected chi connectivity index (χ0v) is 13.0. The quantitative estimate of drug-likeness (QED) is 0.833. The summed E-state index contributed by atoms with van der Waals surface area (Å²) in [5, 5.41) is 12.3. The van der Waals surface area contributed by atoms with E-state index in [1.165, 1.54) is 0 Å². The number of hydrogen-bond acceptors (Lipinski definition) is 2. The first-order chi connectivity index (χ1) is 8.81. The molecule has 1 amide bonds. The van der Waals surface area contributed by atoms with Crippen LogP contribution in [0.4, 0.5) is 5.69 Å². The molecule has 0 aromatic heterocycles. The lowest BCUT2D eigenvalue weighted by Gasteiger charge is -2.20. The second-order valence-electron chi connectivity index (χ2n) is 4.09. The summed E-state index contributed by atoms with van der Waals surface area (Å²) in [4.78, 5) is 11.9. The van der Waals surface area contributed by atoms with Gasteiger partial charge >= 0.3 is 0 Å². The fraction of sp³-hybridized carbons (Fsp3) is 0.462. The van der Waals surface area contributed by atoms with E-state index in [2.05, 4.69) is 5.32 Å². The van der Waals surface area contributed by atoms with E-state index in [4.69, 9.17) is 34.8 Å². The number of para-hydroxylation sites is 1. The summed E-state index contributed by atoms with van der Waals surface area (Å²) >= 11 is 16.5. The molecule has 1 aromatic carbocycles. The Morgan fingerprint density at radius 2 is 1.74 bits per heavy atom. The van der Waals surface area contributed by atoms with Crippen molar-refractivity contribution in [3.8, 4) is 0 Å². The van der Waals surface area contributed by atoms with Crippen LogP contribution < -0.4 is 5.32 Å². The van der Waals surface area contributed by atoms with Crippen molar-refractivity contribution < 1.29 is 9.90 Å². The molecule has 0 aliphatic rings. The number of hydrogen-bond donors (Lipinski definition) is 2. The van der Waals surface area contributed by atoms with E-state index in [1.807, 2.05) is 32.0 Å². The van der Waals surface area contributed by atoms with Crippen LogP contribution >= 0.6 is 34.8 Å². The van der Waals surface area contributed by atoms with Crippen molar-refractivity contribution >= 4 is 46.4 Å². The van der Waals surface area contributed by atoms with Gasteiger partial charge in [0.2, 0.25) is 3.79 Å². The largest absolute Gasteiger partial charge is 0.379 e. The van der Waals surface area contributed by atoms with Crippen LogP contribution in [0, 0.1) is 0 Å². The Kier molecular flexibility index (Phi) is 5.93. The summed E-state index contributed by atoms with van der Waals surface area (Å²) < 4.78 is -2.04. The van der Waals surface area contributed by atoms with Crippen molar-refractivity contribution in [2.24, 2.45) is 0 Å². The minimum absolute atomic E-state index is 0.686. The number of aryl methyl sites for hydroxylation is 2. The molecule has 19 heavy (non-hydrogen) atoms. The summed E-state index contributed by atoms with van der Waals surface area (Å²) in [6.45, 7) is 3.96. The van der Waals surface area contributed by atoms with Gasteiger partial charge in [0.25, 0.3) is 5.91 Å². The fourth-order valence-electron chi connectivity index (χ4n) is 1.74. The normalized spacial score (nSPS) is 13.2. The first-order valence-electron chi connectivity index (χ1n) is 5.97. The van der Waals surface area contributed by atoms with E-state index in [0.29, 0.717) is 5.69 Å². The van der Waals surface area contributed by atoms with Crippen molar-refractivity contribution in [1.29, 1.82) is 0 Å². The molecule has 2 N–H and O–H groups in total.